The fourth-order valence-corrected chi connectivity index (χ4v) is 6.36. The first kappa shape index (κ1) is 23.0. The molecular formula is C29H26ClN3O3. The van der Waals surface area contributed by atoms with Crippen LogP contribution in [0.25, 0.3) is 0 Å². The molecule has 36 heavy (non-hydrogen) atoms. The molecule has 7 heteroatoms. The molecule has 0 aliphatic carbocycles. The Kier molecular flexibility index (Phi) is 5.47. The van der Waals surface area contributed by atoms with Crippen LogP contribution >= 0.6 is 11.6 Å². The monoisotopic (exact) mass is 499 g/mol. The summed E-state index contributed by atoms with van der Waals surface area (Å²) in [6.07, 6.45) is 1.10. The molecule has 3 heterocycles. The summed E-state index contributed by atoms with van der Waals surface area (Å²) < 4.78 is 0. The first-order valence-corrected chi connectivity index (χ1v) is 12.6. The summed E-state index contributed by atoms with van der Waals surface area (Å²) >= 11 is 6.36. The minimum absolute atomic E-state index is 0.210. The Balaban J connectivity index is 1.42. The van der Waals surface area contributed by atoms with Crippen molar-refractivity contribution in [1.29, 1.82) is 0 Å². The van der Waals surface area contributed by atoms with E-state index in [1.807, 2.05) is 73.7 Å². The summed E-state index contributed by atoms with van der Waals surface area (Å²) in [5.41, 5.74) is 2.84. The van der Waals surface area contributed by atoms with Gasteiger partial charge < -0.3 is 5.32 Å². The second kappa shape index (κ2) is 8.57. The van der Waals surface area contributed by atoms with Gasteiger partial charge in [-0.3, -0.25) is 24.6 Å². The zero-order valence-corrected chi connectivity index (χ0v) is 20.6. The van der Waals surface area contributed by atoms with E-state index in [4.69, 9.17) is 11.6 Å². The molecule has 0 radical (unpaired) electrons. The minimum atomic E-state index is -1.32. The normalized spacial score (nSPS) is 26.4. The number of carbonyl (C=O) groups is 3. The number of amides is 3. The lowest BCUT2D eigenvalue weighted by Gasteiger charge is -2.29. The molecule has 3 aliphatic rings. The topological polar surface area (TPSA) is 78.5 Å². The predicted molar refractivity (Wildman–Crippen MR) is 137 cm³/mol. The van der Waals surface area contributed by atoms with Crippen LogP contribution in [0.4, 0.5) is 5.69 Å². The van der Waals surface area contributed by atoms with Crippen LogP contribution in [-0.2, 0) is 32.8 Å². The fourth-order valence-electron chi connectivity index (χ4n) is 6.20. The van der Waals surface area contributed by atoms with E-state index in [1.54, 1.807) is 6.07 Å². The molecule has 2 N–H and O–H groups in total. The number of hydrogen-bond donors (Lipinski definition) is 2. The summed E-state index contributed by atoms with van der Waals surface area (Å²) in [5, 5.41) is 7.02. The highest BCUT2D eigenvalue weighted by atomic mass is 35.5. The number of halogens is 1. The summed E-state index contributed by atoms with van der Waals surface area (Å²) in [4.78, 5) is 42.8. The Labute approximate surface area is 214 Å². The molecule has 2 saturated heterocycles. The van der Waals surface area contributed by atoms with Gasteiger partial charge in [-0.15, -0.1) is 0 Å². The number of likely N-dealkylation sites (tertiary alicyclic amines) is 1. The zero-order valence-electron chi connectivity index (χ0n) is 19.8. The number of anilines is 1. The molecule has 3 amide bonds. The fraction of sp³-hybridized carbons (Fsp3) is 0.276. The van der Waals surface area contributed by atoms with E-state index in [0.717, 1.165) is 16.7 Å². The van der Waals surface area contributed by atoms with Crippen molar-refractivity contribution < 1.29 is 14.4 Å². The Morgan fingerprint density at radius 1 is 0.889 bits per heavy atom. The summed E-state index contributed by atoms with van der Waals surface area (Å²) in [5.74, 6) is -2.27. The molecule has 6 rings (SSSR count). The summed E-state index contributed by atoms with van der Waals surface area (Å²) in [6, 6.07) is 22.8. The van der Waals surface area contributed by atoms with Crippen molar-refractivity contribution in [3.8, 4) is 0 Å². The Bertz CT molecular complexity index is 1380. The van der Waals surface area contributed by atoms with E-state index >= 15 is 0 Å². The lowest BCUT2D eigenvalue weighted by Crippen LogP contribution is -2.53. The van der Waals surface area contributed by atoms with Crippen LogP contribution in [0.2, 0.25) is 5.02 Å². The highest BCUT2D eigenvalue weighted by Crippen LogP contribution is 2.54. The van der Waals surface area contributed by atoms with Crippen LogP contribution in [0.1, 0.15) is 22.3 Å². The number of carbonyl (C=O) groups excluding carboxylic acids is 3. The molecule has 2 fully saturated rings. The van der Waals surface area contributed by atoms with Gasteiger partial charge in [-0.05, 0) is 42.5 Å². The van der Waals surface area contributed by atoms with Gasteiger partial charge in [0.2, 0.25) is 17.7 Å². The first-order valence-electron chi connectivity index (χ1n) is 12.2. The maximum atomic E-state index is 13.9. The lowest BCUT2D eigenvalue weighted by atomic mass is 9.76. The van der Waals surface area contributed by atoms with Crippen molar-refractivity contribution in [3.05, 3.63) is 100 Å². The number of rotatable bonds is 5. The molecule has 3 aromatic carbocycles. The third kappa shape index (κ3) is 3.32. The highest BCUT2D eigenvalue weighted by Gasteiger charge is 2.70. The molecule has 6 nitrogen and oxygen atoms in total. The second-order valence-electron chi connectivity index (χ2n) is 9.86. The molecule has 3 aromatic rings. The van der Waals surface area contributed by atoms with Crippen LogP contribution in [0.15, 0.2) is 72.8 Å². The third-order valence-corrected chi connectivity index (χ3v) is 8.35. The SMILES string of the molecule is Cc1c(Cl)ccc2c1NC(=O)[C@]21N[C@@H](Cc2ccccc2)[C@H]2C(=O)N(CCc3ccccc3)C(=O)[C@@H]21. The van der Waals surface area contributed by atoms with Gasteiger partial charge in [-0.1, -0.05) is 78.3 Å². The van der Waals surface area contributed by atoms with E-state index in [9.17, 15) is 14.4 Å². The van der Waals surface area contributed by atoms with E-state index in [2.05, 4.69) is 10.6 Å². The lowest BCUT2D eigenvalue weighted by molar-refractivity contribution is -0.142. The van der Waals surface area contributed by atoms with E-state index in [0.29, 0.717) is 29.1 Å². The number of imide groups is 1. The highest BCUT2D eigenvalue weighted by molar-refractivity contribution is 6.32. The van der Waals surface area contributed by atoms with Crippen molar-refractivity contribution in [1.82, 2.24) is 10.2 Å². The van der Waals surface area contributed by atoms with Gasteiger partial charge in [0.05, 0.1) is 17.5 Å². The third-order valence-electron chi connectivity index (χ3n) is 7.94. The Hall–Kier alpha value is -3.48. The molecule has 4 atom stereocenters. The van der Waals surface area contributed by atoms with Gasteiger partial charge in [-0.25, -0.2) is 0 Å². The molecule has 3 aliphatic heterocycles. The van der Waals surface area contributed by atoms with Gasteiger partial charge >= 0.3 is 0 Å². The van der Waals surface area contributed by atoms with Crippen molar-refractivity contribution in [3.63, 3.8) is 0 Å². The van der Waals surface area contributed by atoms with Gasteiger partial charge in [0.15, 0.2) is 0 Å². The summed E-state index contributed by atoms with van der Waals surface area (Å²) in [6.45, 7) is 2.14. The molecule has 0 saturated carbocycles. The van der Waals surface area contributed by atoms with E-state index < -0.39 is 17.4 Å². The molecule has 0 unspecified atom stereocenters. The van der Waals surface area contributed by atoms with Gasteiger partial charge in [0.25, 0.3) is 0 Å². The minimum Gasteiger partial charge on any atom is -0.324 e. The largest absolute Gasteiger partial charge is 0.324 e. The Morgan fingerprint density at radius 3 is 2.25 bits per heavy atom. The van der Waals surface area contributed by atoms with Crippen LogP contribution in [0.3, 0.4) is 0 Å². The average molecular weight is 500 g/mol. The van der Waals surface area contributed by atoms with E-state index in [-0.39, 0.29) is 30.3 Å². The van der Waals surface area contributed by atoms with Crippen molar-refractivity contribution >= 4 is 35.0 Å². The number of nitrogens with zero attached hydrogens (tertiary/aromatic N) is 1. The van der Waals surface area contributed by atoms with Gasteiger partial charge in [0, 0.05) is 23.2 Å². The van der Waals surface area contributed by atoms with Crippen molar-refractivity contribution in [2.24, 2.45) is 11.8 Å². The quantitative estimate of drug-likeness (QED) is 0.523. The number of hydrogen-bond acceptors (Lipinski definition) is 4. The standard InChI is InChI=1S/C29H26ClN3O3/c1-17-21(30)13-12-20-25(17)31-28(36)29(20)24-23(22(32-29)16-19-10-6-3-7-11-19)26(34)33(27(24)35)15-14-18-8-4-2-5-9-18/h2-13,22-24,32H,14-16H2,1H3,(H,31,36)/t22-,23+,24+,29-/m0/s1. The maximum Gasteiger partial charge on any atom is 0.250 e. The average Bonchev–Trinajstić information content (AvgIpc) is 3.46. The molecule has 182 valence electrons. The second-order valence-corrected chi connectivity index (χ2v) is 10.3. The predicted octanol–water partition coefficient (Wildman–Crippen LogP) is 3.85. The molecule has 0 aromatic heterocycles. The number of fused-ring (bicyclic) bond motifs is 4. The van der Waals surface area contributed by atoms with E-state index in [1.165, 1.54) is 4.90 Å². The maximum absolute atomic E-state index is 13.9. The van der Waals surface area contributed by atoms with Crippen LogP contribution in [0.5, 0.6) is 0 Å². The van der Waals surface area contributed by atoms with Crippen LogP contribution in [0, 0.1) is 18.8 Å². The van der Waals surface area contributed by atoms with Gasteiger partial charge in [-0.2, -0.15) is 0 Å². The van der Waals surface area contributed by atoms with Crippen LogP contribution < -0.4 is 10.6 Å². The Morgan fingerprint density at radius 2 is 1.56 bits per heavy atom. The smallest absolute Gasteiger partial charge is 0.250 e. The zero-order chi connectivity index (χ0) is 25.0. The van der Waals surface area contributed by atoms with Crippen molar-refractivity contribution in [2.45, 2.75) is 31.3 Å². The van der Waals surface area contributed by atoms with Gasteiger partial charge in [0.1, 0.15) is 5.54 Å². The molecular weight excluding hydrogens is 474 g/mol. The molecule has 1 spiro atoms. The first-order chi connectivity index (χ1) is 17.4. The van der Waals surface area contributed by atoms with Crippen LogP contribution in [-0.4, -0.2) is 35.2 Å². The molecule has 0 bridgehead atoms. The number of benzene rings is 3. The summed E-state index contributed by atoms with van der Waals surface area (Å²) in [7, 11) is 0. The van der Waals surface area contributed by atoms with Crippen molar-refractivity contribution in [2.75, 3.05) is 11.9 Å². The number of nitrogens with one attached hydrogen (secondary N) is 2.